The van der Waals surface area contributed by atoms with Gasteiger partial charge in [-0.25, -0.2) is 9.67 Å². The van der Waals surface area contributed by atoms with Crippen molar-refractivity contribution in [1.29, 1.82) is 0 Å². The van der Waals surface area contributed by atoms with E-state index in [4.69, 9.17) is 0 Å². The Balaban J connectivity index is 1.62. The van der Waals surface area contributed by atoms with Gasteiger partial charge in [0.05, 0.1) is 23.9 Å². The van der Waals surface area contributed by atoms with Crippen molar-refractivity contribution in [1.82, 2.24) is 14.8 Å². The van der Waals surface area contributed by atoms with E-state index in [0.717, 1.165) is 30.5 Å². The van der Waals surface area contributed by atoms with Gasteiger partial charge in [-0.05, 0) is 18.8 Å². The van der Waals surface area contributed by atoms with Gasteiger partial charge in [0.15, 0.2) is 0 Å². The Kier molecular flexibility index (Phi) is 2.61. The van der Waals surface area contributed by atoms with E-state index in [1.807, 2.05) is 17.8 Å². The summed E-state index contributed by atoms with van der Waals surface area (Å²) in [4.78, 5) is 4.24. The van der Waals surface area contributed by atoms with Crippen molar-refractivity contribution in [3.05, 3.63) is 28.8 Å². The molecule has 16 heavy (non-hydrogen) atoms. The molecule has 0 radical (unpaired) electrons. The third kappa shape index (κ3) is 2.24. The monoisotopic (exact) mass is 234 g/mol. The number of hydrogen-bond donors (Lipinski definition) is 1. The number of aromatic nitrogens is 3. The summed E-state index contributed by atoms with van der Waals surface area (Å²) < 4.78 is 2.06. The summed E-state index contributed by atoms with van der Waals surface area (Å²) in [6.45, 7) is 1.83. The molecular weight excluding hydrogens is 220 g/mol. The lowest BCUT2D eigenvalue weighted by atomic mass is 10.4. The third-order valence-electron chi connectivity index (χ3n) is 2.78. The maximum absolute atomic E-state index is 4.33. The number of thiazole rings is 1. The Labute approximate surface area is 98.3 Å². The fourth-order valence-electron chi connectivity index (χ4n) is 1.68. The first-order valence-corrected chi connectivity index (χ1v) is 6.49. The van der Waals surface area contributed by atoms with E-state index < -0.39 is 0 Å². The maximum atomic E-state index is 4.33. The first-order chi connectivity index (χ1) is 7.92. The average molecular weight is 234 g/mol. The van der Waals surface area contributed by atoms with Gasteiger partial charge in [0, 0.05) is 18.0 Å². The molecule has 1 fully saturated rings. The smallest absolute Gasteiger partial charge is 0.124 e. The van der Waals surface area contributed by atoms with Crippen LogP contribution in [-0.2, 0) is 13.1 Å². The van der Waals surface area contributed by atoms with E-state index in [1.54, 1.807) is 11.3 Å². The van der Waals surface area contributed by atoms with Crippen LogP contribution >= 0.6 is 11.3 Å². The molecule has 84 valence electrons. The number of anilines is 1. The summed E-state index contributed by atoms with van der Waals surface area (Å²) in [6, 6.07) is 2.02. The van der Waals surface area contributed by atoms with Crippen molar-refractivity contribution in [2.45, 2.75) is 25.9 Å². The molecule has 0 aliphatic heterocycles. The minimum Gasteiger partial charge on any atom is -0.365 e. The molecule has 1 aliphatic carbocycles. The van der Waals surface area contributed by atoms with E-state index in [9.17, 15) is 0 Å². The van der Waals surface area contributed by atoms with Crippen LogP contribution in [0.2, 0.25) is 0 Å². The first kappa shape index (κ1) is 9.84. The minimum atomic E-state index is 0.778. The van der Waals surface area contributed by atoms with Gasteiger partial charge in [0.1, 0.15) is 5.82 Å². The van der Waals surface area contributed by atoms with Gasteiger partial charge in [-0.3, -0.25) is 0 Å². The van der Waals surface area contributed by atoms with Crippen LogP contribution in [0.25, 0.3) is 0 Å². The standard InChI is InChI=1S/C11H14N4S/c1-2-9(1)6-15-11(3-4-14-15)12-5-10-7-16-8-13-10/h3-4,7-9,12H,1-2,5-6H2. The first-order valence-electron chi connectivity index (χ1n) is 5.54. The van der Waals surface area contributed by atoms with E-state index in [0.29, 0.717) is 0 Å². The van der Waals surface area contributed by atoms with Crippen molar-refractivity contribution < 1.29 is 0 Å². The zero-order valence-electron chi connectivity index (χ0n) is 8.97. The molecule has 0 saturated heterocycles. The lowest BCUT2D eigenvalue weighted by Gasteiger charge is -2.07. The van der Waals surface area contributed by atoms with E-state index in [1.165, 1.54) is 12.8 Å². The summed E-state index contributed by atoms with van der Waals surface area (Å²) in [6.07, 6.45) is 4.56. The Bertz CT molecular complexity index is 444. The number of nitrogens with zero attached hydrogens (tertiary/aromatic N) is 3. The van der Waals surface area contributed by atoms with E-state index >= 15 is 0 Å². The molecule has 0 spiro atoms. The summed E-state index contributed by atoms with van der Waals surface area (Å²) in [5.74, 6) is 1.94. The summed E-state index contributed by atoms with van der Waals surface area (Å²) >= 11 is 1.63. The van der Waals surface area contributed by atoms with Gasteiger partial charge in [0.25, 0.3) is 0 Å². The maximum Gasteiger partial charge on any atom is 0.124 e. The Hall–Kier alpha value is -1.36. The van der Waals surface area contributed by atoms with Gasteiger partial charge < -0.3 is 5.32 Å². The third-order valence-corrected chi connectivity index (χ3v) is 3.41. The second-order valence-corrected chi connectivity index (χ2v) is 4.89. The molecule has 2 heterocycles. The molecule has 1 saturated carbocycles. The fourth-order valence-corrected chi connectivity index (χ4v) is 2.24. The van der Waals surface area contributed by atoms with Crippen LogP contribution in [0.1, 0.15) is 18.5 Å². The highest BCUT2D eigenvalue weighted by atomic mass is 32.1. The largest absolute Gasteiger partial charge is 0.365 e. The number of nitrogens with one attached hydrogen (secondary N) is 1. The Morgan fingerprint density at radius 3 is 3.19 bits per heavy atom. The molecule has 1 N–H and O–H groups in total. The summed E-state index contributed by atoms with van der Waals surface area (Å²) in [5, 5.41) is 9.77. The average Bonchev–Trinajstić information content (AvgIpc) is 2.80. The van der Waals surface area contributed by atoms with Crippen molar-refractivity contribution >= 4 is 17.2 Å². The van der Waals surface area contributed by atoms with Crippen molar-refractivity contribution in [3.63, 3.8) is 0 Å². The predicted octanol–water partition coefficient (Wildman–Crippen LogP) is 2.36. The van der Waals surface area contributed by atoms with Crippen LogP contribution < -0.4 is 5.32 Å². The van der Waals surface area contributed by atoms with Crippen LogP contribution in [0.5, 0.6) is 0 Å². The Morgan fingerprint density at radius 2 is 2.44 bits per heavy atom. The summed E-state index contributed by atoms with van der Waals surface area (Å²) in [5.41, 5.74) is 2.95. The van der Waals surface area contributed by atoms with Crippen molar-refractivity contribution in [2.75, 3.05) is 5.32 Å². The summed E-state index contributed by atoms with van der Waals surface area (Å²) in [7, 11) is 0. The molecule has 0 aromatic carbocycles. The Morgan fingerprint density at radius 1 is 1.50 bits per heavy atom. The molecule has 2 aromatic rings. The van der Waals surface area contributed by atoms with Crippen LogP contribution in [-0.4, -0.2) is 14.8 Å². The second-order valence-electron chi connectivity index (χ2n) is 4.18. The van der Waals surface area contributed by atoms with Crippen LogP contribution in [0.3, 0.4) is 0 Å². The van der Waals surface area contributed by atoms with Crippen molar-refractivity contribution in [3.8, 4) is 0 Å². The molecule has 0 bridgehead atoms. The second kappa shape index (κ2) is 4.25. The predicted molar refractivity (Wildman–Crippen MR) is 64.4 cm³/mol. The number of hydrogen-bond acceptors (Lipinski definition) is 4. The molecular formula is C11H14N4S. The highest BCUT2D eigenvalue weighted by Crippen LogP contribution is 2.31. The molecule has 4 nitrogen and oxygen atoms in total. The molecule has 5 heteroatoms. The minimum absolute atomic E-state index is 0.778. The zero-order valence-corrected chi connectivity index (χ0v) is 9.78. The van der Waals surface area contributed by atoms with Gasteiger partial charge in [0.2, 0.25) is 0 Å². The van der Waals surface area contributed by atoms with Crippen LogP contribution in [0, 0.1) is 5.92 Å². The quantitative estimate of drug-likeness (QED) is 0.863. The van der Waals surface area contributed by atoms with E-state index in [2.05, 4.69) is 25.5 Å². The van der Waals surface area contributed by atoms with Gasteiger partial charge in [-0.15, -0.1) is 11.3 Å². The van der Waals surface area contributed by atoms with Gasteiger partial charge in [-0.2, -0.15) is 5.10 Å². The SMILES string of the molecule is c1cc(NCc2cscn2)n(CC2CC2)n1. The molecule has 3 rings (SSSR count). The van der Waals surface area contributed by atoms with Crippen molar-refractivity contribution in [2.24, 2.45) is 5.92 Å². The highest BCUT2D eigenvalue weighted by molar-refractivity contribution is 7.07. The molecule has 2 aromatic heterocycles. The normalized spacial score (nSPS) is 15.2. The van der Waals surface area contributed by atoms with Crippen LogP contribution in [0.4, 0.5) is 5.82 Å². The molecule has 0 atom stereocenters. The fraction of sp³-hybridized carbons (Fsp3) is 0.455. The van der Waals surface area contributed by atoms with Gasteiger partial charge >= 0.3 is 0 Å². The van der Waals surface area contributed by atoms with Crippen LogP contribution in [0.15, 0.2) is 23.2 Å². The molecule has 0 amide bonds. The van der Waals surface area contributed by atoms with Gasteiger partial charge in [-0.1, -0.05) is 0 Å². The van der Waals surface area contributed by atoms with E-state index in [-0.39, 0.29) is 0 Å². The highest BCUT2D eigenvalue weighted by Gasteiger charge is 2.22. The lowest BCUT2D eigenvalue weighted by molar-refractivity contribution is 0.567. The number of rotatable bonds is 5. The molecule has 0 unspecified atom stereocenters. The topological polar surface area (TPSA) is 42.7 Å². The lowest BCUT2D eigenvalue weighted by Crippen LogP contribution is -2.09. The molecule has 1 aliphatic rings. The zero-order chi connectivity index (χ0) is 10.8.